The Morgan fingerprint density at radius 3 is 2.21 bits per heavy atom. The van der Waals surface area contributed by atoms with Gasteiger partial charge in [0.2, 0.25) is 0 Å². The van der Waals surface area contributed by atoms with Gasteiger partial charge in [-0.1, -0.05) is 12.8 Å². The van der Waals surface area contributed by atoms with Crippen molar-refractivity contribution in [2.75, 3.05) is 52.4 Å². The second-order valence-electron chi connectivity index (χ2n) is 8.93. The van der Waals surface area contributed by atoms with Gasteiger partial charge in [-0.25, -0.2) is 0 Å². The van der Waals surface area contributed by atoms with Crippen LogP contribution < -0.4 is 4.74 Å². The van der Waals surface area contributed by atoms with E-state index < -0.39 is 0 Å². The highest BCUT2D eigenvalue weighted by atomic mass is 16.5. The zero-order valence-corrected chi connectivity index (χ0v) is 17.9. The third-order valence-corrected chi connectivity index (χ3v) is 6.78. The Hall–Kier alpha value is -1.59. The highest BCUT2D eigenvalue weighted by Gasteiger charge is 2.31. The van der Waals surface area contributed by atoms with E-state index in [-0.39, 0.29) is 5.91 Å². The number of nitrogens with zero attached hydrogens (tertiary/aromatic N) is 3. The molecular formula is C24H37N3O2. The molecule has 1 unspecified atom stereocenters. The lowest BCUT2D eigenvalue weighted by Gasteiger charge is -2.28. The summed E-state index contributed by atoms with van der Waals surface area (Å²) in [6, 6.07) is 8.18. The zero-order chi connectivity index (χ0) is 19.9. The topological polar surface area (TPSA) is 36.0 Å². The largest absolute Gasteiger partial charge is 0.492 e. The van der Waals surface area contributed by atoms with Crippen molar-refractivity contribution in [2.24, 2.45) is 0 Å². The number of hydrogen-bond donors (Lipinski definition) is 0. The molecule has 0 aliphatic carbocycles. The molecule has 1 aromatic rings. The average Bonchev–Trinajstić information content (AvgIpc) is 3.36. The Bertz CT molecular complexity index is 634. The molecule has 4 rings (SSSR count). The van der Waals surface area contributed by atoms with Gasteiger partial charge >= 0.3 is 0 Å². The van der Waals surface area contributed by atoms with E-state index in [9.17, 15) is 4.79 Å². The number of likely N-dealkylation sites (tertiary alicyclic amines) is 3. The maximum atomic E-state index is 13.1. The summed E-state index contributed by atoms with van der Waals surface area (Å²) in [6.07, 6.45) is 10.2. The van der Waals surface area contributed by atoms with Gasteiger partial charge in [0.15, 0.2) is 0 Å². The molecule has 3 aliphatic rings. The number of amides is 1. The summed E-state index contributed by atoms with van der Waals surface area (Å²) in [5.74, 6) is 1.05. The highest BCUT2D eigenvalue weighted by Crippen LogP contribution is 2.23. The molecule has 29 heavy (non-hydrogen) atoms. The van der Waals surface area contributed by atoms with Gasteiger partial charge in [-0.15, -0.1) is 0 Å². The lowest BCUT2D eigenvalue weighted by Crippen LogP contribution is -2.42. The second kappa shape index (κ2) is 10.4. The van der Waals surface area contributed by atoms with Crippen LogP contribution in [0.25, 0.3) is 0 Å². The van der Waals surface area contributed by atoms with Gasteiger partial charge in [-0.05, 0) is 89.0 Å². The summed E-state index contributed by atoms with van der Waals surface area (Å²) in [7, 11) is 0. The SMILES string of the molecule is O=C(c1ccc(OCCN2CCCCCC2)cc1)N1CCCC1CN1CCCC1. The van der Waals surface area contributed by atoms with Crippen molar-refractivity contribution >= 4 is 5.91 Å². The summed E-state index contributed by atoms with van der Waals surface area (Å²) in [5, 5.41) is 0. The number of carbonyl (C=O) groups is 1. The molecule has 0 radical (unpaired) electrons. The quantitative estimate of drug-likeness (QED) is 0.701. The Kier molecular flexibility index (Phi) is 7.44. The number of benzene rings is 1. The van der Waals surface area contributed by atoms with Crippen molar-refractivity contribution in [1.29, 1.82) is 0 Å². The second-order valence-corrected chi connectivity index (χ2v) is 8.93. The molecule has 1 aromatic carbocycles. The highest BCUT2D eigenvalue weighted by molar-refractivity contribution is 5.94. The molecule has 5 nitrogen and oxygen atoms in total. The molecule has 0 aromatic heterocycles. The Morgan fingerprint density at radius 2 is 1.48 bits per heavy atom. The first-order valence-electron chi connectivity index (χ1n) is 11.8. The van der Waals surface area contributed by atoms with Crippen LogP contribution in [0.2, 0.25) is 0 Å². The molecule has 0 spiro atoms. The van der Waals surface area contributed by atoms with Crippen LogP contribution in [0, 0.1) is 0 Å². The summed E-state index contributed by atoms with van der Waals surface area (Å²) < 4.78 is 5.95. The molecular weight excluding hydrogens is 362 g/mol. The normalized spacial score (nSPS) is 24.0. The molecule has 3 fully saturated rings. The van der Waals surface area contributed by atoms with E-state index in [4.69, 9.17) is 4.74 Å². The minimum Gasteiger partial charge on any atom is -0.492 e. The van der Waals surface area contributed by atoms with Crippen molar-refractivity contribution in [3.8, 4) is 5.75 Å². The summed E-state index contributed by atoms with van der Waals surface area (Å²) >= 11 is 0. The van der Waals surface area contributed by atoms with Crippen LogP contribution in [0.15, 0.2) is 24.3 Å². The van der Waals surface area contributed by atoms with Crippen LogP contribution in [0.5, 0.6) is 5.75 Å². The lowest BCUT2D eigenvalue weighted by molar-refractivity contribution is 0.0708. The van der Waals surface area contributed by atoms with E-state index in [1.165, 1.54) is 64.7 Å². The van der Waals surface area contributed by atoms with E-state index in [1.807, 2.05) is 24.3 Å². The molecule has 0 bridgehead atoms. The Balaban J connectivity index is 1.26. The molecule has 3 heterocycles. The average molecular weight is 400 g/mol. The fraction of sp³-hybridized carbons (Fsp3) is 0.708. The van der Waals surface area contributed by atoms with E-state index in [1.54, 1.807) is 0 Å². The van der Waals surface area contributed by atoms with Crippen LogP contribution in [0.3, 0.4) is 0 Å². The van der Waals surface area contributed by atoms with Crippen LogP contribution in [0.1, 0.15) is 61.7 Å². The fourth-order valence-electron chi connectivity index (χ4n) is 5.07. The molecule has 0 saturated carbocycles. The van der Waals surface area contributed by atoms with Gasteiger partial charge < -0.3 is 14.5 Å². The minimum absolute atomic E-state index is 0.183. The molecule has 0 N–H and O–H groups in total. The van der Waals surface area contributed by atoms with Crippen molar-refractivity contribution in [3.63, 3.8) is 0 Å². The number of hydrogen-bond acceptors (Lipinski definition) is 4. The maximum Gasteiger partial charge on any atom is 0.254 e. The zero-order valence-electron chi connectivity index (χ0n) is 17.9. The molecule has 1 atom stereocenters. The third kappa shape index (κ3) is 5.73. The molecule has 1 amide bonds. The van der Waals surface area contributed by atoms with Gasteiger partial charge in [0, 0.05) is 31.2 Å². The van der Waals surface area contributed by atoms with Gasteiger partial charge in [0.05, 0.1) is 0 Å². The minimum atomic E-state index is 0.183. The lowest BCUT2D eigenvalue weighted by atomic mass is 10.1. The number of carbonyl (C=O) groups excluding carboxylic acids is 1. The van der Waals surface area contributed by atoms with Crippen LogP contribution in [-0.2, 0) is 0 Å². The summed E-state index contributed by atoms with van der Waals surface area (Å²) in [4.78, 5) is 20.2. The molecule has 3 saturated heterocycles. The van der Waals surface area contributed by atoms with E-state index in [0.717, 1.165) is 50.4 Å². The molecule has 3 aliphatic heterocycles. The number of rotatable bonds is 7. The van der Waals surface area contributed by atoms with Crippen LogP contribution in [-0.4, -0.2) is 79.1 Å². The Morgan fingerprint density at radius 1 is 0.828 bits per heavy atom. The standard InChI is InChI=1S/C24H37N3O2/c28-24(27-17-7-8-22(27)20-26-15-5-6-16-26)21-9-11-23(12-10-21)29-19-18-25-13-3-1-2-4-14-25/h9-12,22H,1-8,13-20H2. The Labute approximate surface area is 176 Å². The first kappa shape index (κ1) is 20.7. The van der Waals surface area contributed by atoms with Crippen LogP contribution >= 0.6 is 0 Å². The summed E-state index contributed by atoms with van der Waals surface area (Å²) in [5.41, 5.74) is 0.790. The first-order chi connectivity index (χ1) is 14.3. The number of ether oxygens (including phenoxy) is 1. The fourth-order valence-corrected chi connectivity index (χ4v) is 5.07. The predicted octanol–water partition coefficient (Wildman–Crippen LogP) is 3.64. The van der Waals surface area contributed by atoms with E-state index in [0.29, 0.717) is 6.04 Å². The van der Waals surface area contributed by atoms with Crippen LogP contribution in [0.4, 0.5) is 0 Å². The van der Waals surface area contributed by atoms with Gasteiger partial charge in [0.25, 0.3) is 5.91 Å². The van der Waals surface area contributed by atoms with E-state index in [2.05, 4.69) is 14.7 Å². The van der Waals surface area contributed by atoms with Crippen molar-refractivity contribution < 1.29 is 9.53 Å². The predicted molar refractivity (Wildman–Crippen MR) is 117 cm³/mol. The van der Waals surface area contributed by atoms with Gasteiger partial charge in [-0.2, -0.15) is 0 Å². The van der Waals surface area contributed by atoms with Crippen molar-refractivity contribution in [2.45, 2.75) is 57.4 Å². The van der Waals surface area contributed by atoms with Gasteiger partial charge in [0.1, 0.15) is 12.4 Å². The monoisotopic (exact) mass is 399 g/mol. The smallest absolute Gasteiger partial charge is 0.254 e. The van der Waals surface area contributed by atoms with E-state index >= 15 is 0 Å². The van der Waals surface area contributed by atoms with Crippen molar-refractivity contribution in [1.82, 2.24) is 14.7 Å². The first-order valence-corrected chi connectivity index (χ1v) is 11.8. The summed E-state index contributed by atoms with van der Waals surface area (Å²) in [6.45, 7) is 8.44. The van der Waals surface area contributed by atoms with Crippen molar-refractivity contribution in [3.05, 3.63) is 29.8 Å². The maximum absolute atomic E-state index is 13.1. The molecule has 160 valence electrons. The van der Waals surface area contributed by atoms with Gasteiger partial charge in [-0.3, -0.25) is 9.69 Å². The molecule has 5 heteroatoms. The third-order valence-electron chi connectivity index (χ3n) is 6.78.